The van der Waals surface area contributed by atoms with Gasteiger partial charge in [-0.15, -0.1) is 0 Å². The Hall–Kier alpha value is -2.72. The van der Waals surface area contributed by atoms with Crippen LogP contribution >= 0.6 is 11.6 Å². The van der Waals surface area contributed by atoms with E-state index in [-0.39, 0.29) is 29.6 Å². The number of benzene rings is 2. The first-order valence-electron chi connectivity index (χ1n) is 7.20. The number of alkyl halides is 3. The molecular weight excluding hydrogens is 355 g/mol. The fraction of sp³-hybridized carbons (Fsp3) is 0.176. The third-order valence-electron chi connectivity index (χ3n) is 3.23. The predicted octanol–water partition coefficient (Wildman–Crippen LogP) is 4.67. The molecule has 0 atom stereocenters. The van der Waals surface area contributed by atoms with Crippen molar-refractivity contribution in [3.05, 3.63) is 58.6 Å². The van der Waals surface area contributed by atoms with E-state index >= 15 is 0 Å². The number of halogens is 4. The molecule has 2 rings (SSSR count). The summed E-state index contributed by atoms with van der Waals surface area (Å²) in [5, 5.41) is 14.0. The number of anilines is 2. The van der Waals surface area contributed by atoms with Gasteiger partial charge in [0.1, 0.15) is 0 Å². The highest BCUT2D eigenvalue weighted by Crippen LogP contribution is 2.36. The van der Waals surface area contributed by atoms with E-state index in [9.17, 15) is 18.0 Å². The fourth-order valence-electron chi connectivity index (χ4n) is 2.11. The maximum atomic E-state index is 13.0. The average Bonchev–Trinajstić information content (AvgIpc) is 2.55. The zero-order valence-electron chi connectivity index (χ0n) is 12.8. The molecule has 130 valence electrons. The van der Waals surface area contributed by atoms with E-state index in [2.05, 4.69) is 10.6 Å². The van der Waals surface area contributed by atoms with Crippen molar-refractivity contribution in [2.24, 2.45) is 0 Å². The van der Waals surface area contributed by atoms with Crippen molar-refractivity contribution in [2.75, 3.05) is 17.2 Å². The predicted molar refractivity (Wildman–Crippen MR) is 89.3 cm³/mol. The summed E-state index contributed by atoms with van der Waals surface area (Å²) in [6, 6.07) is 11.7. The topological polar surface area (TPSA) is 64.9 Å². The van der Waals surface area contributed by atoms with E-state index in [0.717, 1.165) is 6.07 Å². The Morgan fingerprint density at radius 2 is 1.96 bits per heavy atom. The second-order valence-corrected chi connectivity index (χ2v) is 5.54. The number of nitrogens with zero attached hydrogens (tertiary/aromatic N) is 1. The van der Waals surface area contributed by atoms with E-state index < -0.39 is 11.7 Å². The smallest absolute Gasteiger partial charge is 0.384 e. The van der Waals surface area contributed by atoms with Crippen LogP contribution in [0, 0.1) is 11.3 Å². The summed E-state index contributed by atoms with van der Waals surface area (Å²) in [7, 11) is 0. The molecule has 0 aromatic heterocycles. The van der Waals surface area contributed by atoms with E-state index in [1.807, 2.05) is 6.07 Å². The molecule has 0 aliphatic heterocycles. The third-order valence-corrected chi connectivity index (χ3v) is 3.47. The van der Waals surface area contributed by atoms with Crippen molar-refractivity contribution < 1.29 is 18.0 Å². The lowest BCUT2D eigenvalue weighted by molar-refractivity contribution is -0.137. The number of carbonyl (C=O) groups excluding carboxylic acids is 1. The minimum Gasteiger partial charge on any atom is -0.384 e. The standard InChI is InChI=1S/C17H13ClF3N3O/c18-12-4-5-15(14(9-12)17(19,20)21)23-7-6-16(25)24-13-3-1-2-11(8-13)10-22/h1-5,8-9,23H,6-7H2,(H,24,25). The normalized spacial score (nSPS) is 10.8. The Morgan fingerprint density at radius 1 is 1.20 bits per heavy atom. The van der Waals surface area contributed by atoms with Crippen molar-refractivity contribution in [2.45, 2.75) is 12.6 Å². The number of rotatable bonds is 5. The number of amides is 1. The largest absolute Gasteiger partial charge is 0.418 e. The van der Waals surface area contributed by atoms with Crippen LogP contribution < -0.4 is 10.6 Å². The lowest BCUT2D eigenvalue weighted by atomic mass is 10.1. The summed E-state index contributed by atoms with van der Waals surface area (Å²) in [5.41, 5.74) is -0.184. The van der Waals surface area contributed by atoms with Crippen LogP contribution in [0.3, 0.4) is 0 Å². The molecule has 0 radical (unpaired) electrons. The van der Waals surface area contributed by atoms with Crippen molar-refractivity contribution >= 4 is 28.9 Å². The van der Waals surface area contributed by atoms with Gasteiger partial charge in [-0.3, -0.25) is 4.79 Å². The van der Waals surface area contributed by atoms with E-state index in [1.165, 1.54) is 18.2 Å². The maximum Gasteiger partial charge on any atom is 0.418 e. The summed E-state index contributed by atoms with van der Waals surface area (Å²) in [5.74, 6) is -0.384. The van der Waals surface area contributed by atoms with Gasteiger partial charge in [-0.05, 0) is 36.4 Å². The second kappa shape index (κ2) is 7.90. The van der Waals surface area contributed by atoms with Crippen LogP contribution in [-0.2, 0) is 11.0 Å². The molecule has 0 aliphatic carbocycles. The van der Waals surface area contributed by atoms with Crippen LogP contribution in [0.4, 0.5) is 24.5 Å². The fourth-order valence-corrected chi connectivity index (χ4v) is 2.28. The van der Waals surface area contributed by atoms with E-state index in [1.54, 1.807) is 18.2 Å². The molecule has 0 fully saturated rings. The monoisotopic (exact) mass is 367 g/mol. The molecule has 0 spiro atoms. The molecule has 2 N–H and O–H groups in total. The molecule has 4 nitrogen and oxygen atoms in total. The average molecular weight is 368 g/mol. The van der Waals surface area contributed by atoms with Crippen molar-refractivity contribution in [1.29, 1.82) is 5.26 Å². The molecule has 2 aromatic carbocycles. The summed E-state index contributed by atoms with van der Waals surface area (Å²) in [6.45, 7) is 0.00842. The van der Waals surface area contributed by atoms with Crippen LogP contribution in [0.5, 0.6) is 0 Å². The molecule has 0 heterocycles. The van der Waals surface area contributed by atoms with Gasteiger partial charge in [-0.25, -0.2) is 0 Å². The summed E-state index contributed by atoms with van der Waals surface area (Å²) in [4.78, 5) is 11.9. The Kier molecular flexibility index (Phi) is 5.88. The molecule has 1 amide bonds. The zero-order chi connectivity index (χ0) is 18.4. The summed E-state index contributed by atoms with van der Waals surface area (Å²) in [6.07, 6.45) is -4.59. The van der Waals surface area contributed by atoms with Crippen LogP contribution in [0.2, 0.25) is 5.02 Å². The van der Waals surface area contributed by atoms with E-state index in [4.69, 9.17) is 16.9 Å². The summed E-state index contributed by atoms with van der Waals surface area (Å²) >= 11 is 5.61. The molecule has 2 aromatic rings. The number of nitriles is 1. The van der Waals surface area contributed by atoms with Gasteiger partial charge >= 0.3 is 6.18 Å². The van der Waals surface area contributed by atoms with E-state index in [0.29, 0.717) is 11.3 Å². The van der Waals surface area contributed by atoms with Crippen molar-refractivity contribution in [3.63, 3.8) is 0 Å². The molecule has 0 aliphatic rings. The van der Waals surface area contributed by atoms with Gasteiger partial charge in [-0.1, -0.05) is 17.7 Å². The van der Waals surface area contributed by atoms with Crippen LogP contribution in [0.25, 0.3) is 0 Å². The van der Waals surface area contributed by atoms with Crippen LogP contribution in [-0.4, -0.2) is 12.5 Å². The molecular formula is C17H13ClF3N3O. The minimum atomic E-state index is -4.55. The highest BCUT2D eigenvalue weighted by Gasteiger charge is 2.33. The van der Waals surface area contributed by atoms with Gasteiger partial charge in [0.2, 0.25) is 5.91 Å². The second-order valence-electron chi connectivity index (χ2n) is 5.11. The molecule has 0 saturated carbocycles. The van der Waals surface area contributed by atoms with Crippen LogP contribution in [0.15, 0.2) is 42.5 Å². The quantitative estimate of drug-likeness (QED) is 0.807. The minimum absolute atomic E-state index is 0.00842. The Balaban J connectivity index is 1.94. The molecule has 25 heavy (non-hydrogen) atoms. The summed E-state index contributed by atoms with van der Waals surface area (Å²) < 4.78 is 38.9. The zero-order valence-corrected chi connectivity index (χ0v) is 13.6. The highest BCUT2D eigenvalue weighted by molar-refractivity contribution is 6.30. The molecule has 0 saturated heterocycles. The van der Waals surface area contributed by atoms with Gasteiger partial charge in [-0.2, -0.15) is 18.4 Å². The van der Waals surface area contributed by atoms with Crippen molar-refractivity contribution in [1.82, 2.24) is 0 Å². The number of carbonyl (C=O) groups is 1. The Labute approximate surface area is 147 Å². The van der Waals surface area contributed by atoms with Gasteiger partial charge in [0, 0.05) is 29.4 Å². The van der Waals surface area contributed by atoms with Gasteiger partial charge < -0.3 is 10.6 Å². The first kappa shape index (κ1) is 18.6. The van der Waals surface area contributed by atoms with Gasteiger partial charge in [0.05, 0.1) is 17.2 Å². The van der Waals surface area contributed by atoms with Crippen LogP contribution in [0.1, 0.15) is 17.5 Å². The molecule has 8 heteroatoms. The van der Waals surface area contributed by atoms with Crippen molar-refractivity contribution in [3.8, 4) is 6.07 Å². The highest BCUT2D eigenvalue weighted by atomic mass is 35.5. The number of hydrogen-bond acceptors (Lipinski definition) is 3. The SMILES string of the molecule is N#Cc1cccc(NC(=O)CCNc2ccc(Cl)cc2C(F)(F)F)c1. The lowest BCUT2D eigenvalue weighted by Crippen LogP contribution is -2.18. The number of hydrogen-bond donors (Lipinski definition) is 2. The molecule has 0 unspecified atom stereocenters. The first-order valence-corrected chi connectivity index (χ1v) is 7.58. The molecule has 0 bridgehead atoms. The number of nitrogens with one attached hydrogen (secondary N) is 2. The van der Waals surface area contributed by atoms with Gasteiger partial charge in [0.25, 0.3) is 0 Å². The Morgan fingerprint density at radius 3 is 2.64 bits per heavy atom. The van der Waals surface area contributed by atoms with Gasteiger partial charge in [0.15, 0.2) is 0 Å². The first-order chi connectivity index (χ1) is 11.8. The third kappa shape index (κ3) is 5.40. The lowest BCUT2D eigenvalue weighted by Gasteiger charge is -2.15. The Bertz CT molecular complexity index is 816. The maximum absolute atomic E-state index is 13.0.